The molecule has 2 heterocycles. The lowest BCUT2D eigenvalue weighted by Gasteiger charge is -2.19. The number of nitrogens with zero attached hydrogens (tertiary/aromatic N) is 4. The molecule has 1 aliphatic heterocycles. The van der Waals surface area contributed by atoms with Crippen LogP contribution in [0.2, 0.25) is 0 Å². The van der Waals surface area contributed by atoms with Crippen molar-refractivity contribution >= 4 is 11.8 Å². The van der Waals surface area contributed by atoms with E-state index < -0.39 is 0 Å². The summed E-state index contributed by atoms with van der Waals surface area (Å²) >= 11 is 0. The number of hydrogen-bond donors (Lipinski definition) is 1. The van der Waals surface area contributed by atoms with Crippen molar-refractivity contribution in [3.63, 3.8) is 0 Å². The zero-order valence-electron chi connectivity index (χ0n) is 9.80. The number of aliphatic hydroxyl groups excluding tert-OH is 1. The van der Waals surface area contributed by atoms with Crippen molar-refractivity contribution < 1.29 is 5.11 Å². The van der Waals surface area contributed by atoms with Crippen LogP contribution >= 0.6 is 0 Å². The first-order chi connectivity index (χ1) is 7.70. The first-order valence-corrected chi connectivity index (χ1v) is 5.57. The van der Waals surface area contributed by atoms with Gasteiger partial charge in [-0.1, -0.05) is 0 Å². The van der Waals surface area contributed by atoms with Gasteiger partial charge < -0.3 is 14.9 Å². The maximum atomic E-state index is 9.11. The van der Waals surface area contributed by atoms with Crippen LogP contribution in [-0.2, 0) is 0 Å². The smallest absolute Gasteiger partial charge is 0.226 e. The summed E-state index contributed by atoms with van der Waals surface area (Å²) in [5, 5.41) is 9.11. The molecule has 88 valence electrons. The van der Waals surface area contributed by atoms with E-state index in [0.717, 1.165) is 31.3 Å². The maximum Gasteiger partial charge on any atom is 0.226 e. The molecule has 5 nitrogen and oxygen atoms in total. The molecule has 0 bridgehead atoms. The second-order valence-corrected chi connectivity index (χ2v) is 4.39. The fourth-order valence-corrected chi connectivity index (χ4v) is 1.92. The van der Waals surface area contributed by atoms with Crippen LogP contribution in [0.3, 0.4) is 0 Å². The zero-order valence-corrected chi connectivity index (χ0v) is 9.80. The first-order valence-electron chi connectivity index (χ1n) is 5.57. The van der Waals surface area contributed by atoms with Crippen LogP contribution < -0.4 is 9.80 Å². The highest BCUT2D eigenvalue weighted by atomic mass is 16.3. The van der Waals surface area contributed by atoms with E-state index in [1.54, 1.807) is 6.20 Å². The number of anilines is 2. The van der Waals surface area contributed by atoms with Gasteiger partial charge in [0.05, 0.1) is 0 Å². The van der Waals surface area contributed by atoms with E-state index in [9.17, 15) is 0 Å². The third-order valence-corrected chi connectivity index (χ3v) is 2.90. The quantitative estimate of drug-likeness (QED) is 0.800. The van der Waals surface area contributed by atoms with Crippen molar-refractivity contribution in [1.29, 1.82) is 0 Å². The summed E-state index contributed by atoms with van der Waals surface area (Å²) in [6, 6.07) is 1.92. The van der Waals surface area contributed by atoms with Crippen molar-refractivity contribution in [2.45, 2.75) is 6.42 Å². The lowest BCUT2D eigenvalue weighted by Crippen LogP contribution is -2.23. The summed E-state index contributed by atoms with van der Waals surface area (Å²) in [7, 11) is 3.86. The molecule has 16 heavy (non-hydrogen) atoms. The predicted octanol–water partition coefficient (Wildman–Crippen LogP) is 0.361. The Labute approximate surface area is 95.7 Å². The van der Waals surface area contributed by atoms with Crippen molar-refractivity contribution in [3.05, 3.63) is 12.3 Å². The van der Waals surface area contributed by atoms with Gasteiger partial charge in [0.2, 0.25) is 5.95 Å². The zero-order chi connectivity index (χ0) is 11.5. The Bertz CT molecular complexity index is 356. The third kappa shape index (κ3) is 2.24. The van der Waals surface area contributed by atoms with E-state index in [2.05, 4.69) is 14.9 Å². The largest absolute Gasteiger partial charge is 0.396 e. The molecule has 1 N–H and O–H groups in total. The van der Waals surface area contributed by atoms with Crippen LogP contribution in [0.25, 0.3) is 0 Å². The molecule has 0 amide bonds. The fraction of sp³-hybridized carbons (Fsp3) is 0.636. The first kappa shape index (κ1) is 11.1. The Balaban J connectivity index is 2.12. The highest BCUT2D eigenvalue weighted by Crippen LogP contribution is 2.22. The molecule has 1 aliphatic rings. The summed E-state index contributed by atoms with van der Waals surface area (Å²) in [5.41, 5.74) is 0. The van der Waals surface area contributed by atoms with Crippen LogP contribution in [0.1, 0.15) is 6.42 Å². The van der Waals surface area contributed by atoms with E-state index in [-0.39, 0.29) is 6.61 Å². The third-order valence-electron chi connectivity index (χ3n) is 2.90. The van der Waals surface area contributed by atoms with Gasteiger partial charge in [0, 0.05) is 45.9 Å². The number of aromatic nitrogens is 2. The Hall–Kier alpha value is -1.36. The molecule has 0 saturated carbocycles. The minimum absolute atomic E-state index is 0.266. The highest BCUT2D eigenvalue weighted by Gasteiger charge is 2.22. The molecule has 1 unspecified atom stereocenters. The van der Waals surface area contributed by atoms with Gasteiger partial charge in [0.1, 0.15) is 5.82 Å². The van der Waals surface area contributed by atoms with E-state index >= 15 is 0 Å². The van der Waals surface area contributed by atoms with Gasteiger partial charge in [0.15, 0.2) is 0 Å². The molecular formula is C11H18N4O. The van der Waals surface area contributed by atoms with Gasteiger partial charge in [-0.15, -0.1) is 0 Å². The normalized spacial score (nSPS) is 20.2. The number of hydrogen-bond acceptors (Lipinski definition) is 5. The Kier molecular flexibility index (Phi) is 3.24. The lowest BCUT2D eigenvalue weighted by atomic mass is 10.1. The molecule has 0 radical (unpaired) electrons. The van der Waals surface area contributed by atoms with Gasteiger partial charge in [0.25, 0.3) is 0 Å². The van der Waals surface area contributed by atoms with Crippen molar-refractivity contribution in [1.82, 2.24) is 9.97 Å². The molecule has 2 rings (SSSR count). The topological polar surface area (TPSA) is 52.5 Å². The average molecular weight is 222 g/mol. The van der Waals surface area contributed by atoms with Crippen molar-refractivity contribution in [2.75, 3.05) is 43.6 Å². The standard InChI is InChI=1S/C11H18N4O/c1-14(2)11-12-5-3-10(13-11)15-6-4-9(7-15)8-16/h3,5,9,16H,4,6-8H2,1-2H3. The van der Waals surface area contributed by atoms with Crippen molar-refractivity contribution in [2.24, 2.45) is 5.92 Å². The molecule has 1 atom stereocenters. The van der Waals surface area contributed by atoms with E-state index in [0.29, 0.717) is 5.92 Å². The molecular weight excluding hydrogens is 204 g/mol. The van der Waals surface area contributed by atoms with Crippen LogP contribution in [0, 0.1) is 5.92 Å². The van der Waals surface area contributed by atoms with Gasteiger partial charge in [-0.2, -0.15) is 4.98 Å². The minimum Gasteiger partial charge on any atom is -0.396 e. The highest BCUT2D eigenvalue weighted by molar-refractivity contribution is 5.43. The van der Waals surface area contributed by atoms with Crippen LogP contribution in [0.5, 0.6) is 0 Å². The summed E-state index contributed by atoms with van der Waals surface area (Å²) in [6.07, 6.45) is 2.82. The van der Waals surface area contributed by atoms with E-state index in [1.807, 2.05) is 25.1 Å². The molecule has 0 spiro atoms. The van der Waals surface area contributed by atoms with Gasteiger partial charge in [-0.3, -0.25) is 0 Å². The van der Waals surface area contributed by atoms with Gasteiger partial charge in [-0.05, 0) is 12.5 Å². The monoisotopic (exact) mass is 222 g/mol. The SMILES string of the molecule is CN(C)c1nccc(N2CCC(CO)C2)n1. The molecule has 1 aromatic heterocycles. The summed E-state index contributed by atoms with van der Waals surface area (Å²) < 4.78 is 0. The molecule has 0 aromatic carbocycles. The Morgan fingerprint density at radius 1 is 1.56 bits per heavy atom. The summed E-state index contributed by atoms with van der Waals surface area (Å²) in [4.78, 5) is 12.8. The second kappa shape index (κ2) is 4.65. The van der Waals surface area contributed by atoms with Crippen LogP contribution in [0.15, 0.2) is 12.3 Å². The Morgan fingerprint density at radius 2 is 2.38 bits per heavy atom. The Morgan fingerprint density at radius 3 is 3.00 bits per heavy atom. The van der Waals surface area contributed by atoms with Gasteiger partial charge >= 0.3 is 0 Å². The van der Waals surface area contributed by atoms with E-state index in [4.69, 9.17) is 5.11 Å². The van der Waals surface area contributed by atoms with Crippen LogP contribution in [0.4, 0.5) is 11.8 Å². The minimum atomic E-state index is 0.266. The second-order valence-electron chi connectivity index (χ2n) is 4.39. The predicted molar refractivity (Wildman–Crippen MR) is 63.8 cm³/mol. The summed E-state index contributed by atoms with van der Waals surface area (Å²) in [5.74, 6) is 2.07. The van der Waals surface area contributed by atoms with Crippen LogP contribution in [-0.4, -0.2) is 48.9 Å². The summed E-state index contributed by atoms with van der Waals surface area (Å²) in [6.45, 7) is 2.12. The average Bonchev–Trinajstić information content (AvgIpc) is 2.77. The van der Waals surface area contributed by atoms with Crippen molar-refractivity contribution in [3.8, 4) is 0 Å². The molecule has 1 fully saturated rings. The molecule has 1 saturated heterocycles. The maximum absolute atomic E-state index is 9.11. The molecule has 1 aromatic rings. The van der Waals surface area contributed by atoms with E-state index in [1.165, 1.54) is 0 Å². The lowest BCUT2D eigenvalue weighted by molar-refractivity contribution is 0.238. The fourth-order valence-electron chi connectivity index (χ4n) is 1.92. The molecule has 0 aliphatic carbocycles. The van der Waals surface area contributed by atoms with Gasteiger partial charge in [-0.25, -0.2) is 4.98 Å². The molecule has 5 heteroatoms. The number of aliphatic hydroxyl groups is 1. The number of rotatable bonds is 3.